The molecule has 0 bridgehead atoms. The number of carbonyl (C=O) groups excluding carboxylic acids is 1. The van der Waals surface area contributed by atoms with Crippen molar-refractivity contribution in [2.75, 3.05) is 23.3 Å². The maximum absolute atomic E-state index is 13.3. The van der Waals surface area contributed by atoms with Gasteiger partial charge in [0.1, 0.15) is 12.3 Å². The fourth-order valence-electron chi connectivity index (χ4n) is 3.57. The van der Waals surface area contributed by atoms with Gasteiger partial charge in [0.25, 0.3) is 10.0 Å². The van der Waals surface area contributed by atoms with Crippen LogP contribution in [-0.2, 0) is 21.2 Å². The number of hydrogen-bond acceptors (Lipinski definition) is 4. The minimum atomic E-state index is -3.86. The quantitative estimate of drug-likeness (QED) is 0.672. The molecule has 1 aliphatic rings. The highest BCUT2D eigenvalue weighted by Crippen LogP contribution is 2.43. The van der Waals surface area contributed by atoms with Crippen molar-refractivity contribution in [3.8, 4) is 16.9 Å². The second kappa shape index (κ2) is 7.84. The van der Waals surface area contributed by atoms with Gasteiger partial charge in [-0.3, -0.25) is 9.10 Å². The van der Waals surface area contributed by atoms with Crippen LogP contribution < -0.4 is 14.4 Å². The molecule has 4 rings (SSSR count). The number of sulfonamides is 1. The van der Waals surface area contributed by atoms with Crippen molar-refractivity contribution < 1.29 is 17.9 Å². The maximum Gasteiger partial charge on any atom is 0.265 e. The molecule has 30 heavy (non-hydrogen) atoms. The van der Waals surface area contributed by atoms with Gasteiger partial charge in [-0.1, -0.05) is 31.2 Å². The molecule has 0 saturated carbocycles. The lowest BCUT2D eigenvalue weighted by Crippen LogP contribution is -2.40. The molecule has 1 aliphatic heterocycles. The van der Waals surface area contributed by atoms with Gasteiger partial charge >= 0.3 is 0 Å². The number of carbonyl (C=O) groups is 1. The number of methoxy groups -OCH3 is 1. The summed E-state index contributed by atoms with van der Waals surface area (Å²) < 4.78 is 32.9. The van der Waals surface area contributed by atoms with E-state index >= 15 is 0 Å². The SMILES string of the molecule is CCc1ccc2c(c1)-c1ccccc1S(=O)(=O)N2CC(=O)Nc1ccc(OC)cc1. The summed E-state index contributed by atoms with van der Waals surface area (Å²) in [7, 11) is -2.30. The van der Waals surface area contributed by atoms with Crippen molar-refractivity contribution in [2.24, 2.45) is 0 Å². The monoisotopic (exact) mass is 422 g/mol. The van der Waals surface area contributed by atoms with Crippen molar-refractivity contribution in [2.45, 2.75) is 18.2 Å². The van der Waals surface area contributed by atoms with Gasteiger partial charge in [-0.15, -0.1) is 0 Å². The molecule has 1 heterocycles. The van der Waals surface area contributed by atoms with E-state index in [4.69, 9.17) is 4.74 Å². The van der Waals surface area contributed by atoms with Gasteiger partial charge in [-0.25, -0.2) is 8.42 Å². The third-order valence-electron chi connectivity index (χ3n) is 5.14. The Bertz CT molecular complexity index is 1200. The number of amides is 1. The molecule has 0 saturated heterocycles. The van der Waals surface area contributed by atoms with E-state index < -0.39 is 15.9 Å². The molecule has 0 unspecified atom stereocenters. The Morgan fingerprint density at radius 2 is 1.73 bits per heavy atom. The van der Waals surface area contributed by atoms with E-state index in [0.29, 0.717) is 22.7 Å². The van der Waals surface area contributed by atoms with Crippen LogP contribution in [0.1, 0.15) is 12.5 Å². The van der Waals surface area contributed by atoms with Gasteiger partial charge in [0.15, 0.2) is 0 Å². The number of benzene rings is 3. The lowest BCUT2D eigenvalue weighted by molar-refractivity contribution is -0.114. The minimum absolute atomic E-state index is 0.211. The van der Waals surface area contributed by atoms with Gasteiger partial charge in [0.2, 0.25) is 5.91 Å². The molecule has 0 aromatic heterocycles. The highest BCUT2D eigenvalue weighted by atomic mass is 32.2. The molecule has 7 heteroatoms. The van der Waals surface area contributed by atoms with E-state index in [1.165, 1.54) is 4.31 Å². The van der Waals surface area contributed by atoms with Crippen molar-refractivity contribution >= 4 is 27.3 Å². The lowest BCUT2D eigenvalue weighted by atomic mass is 9.99. The van der Waals surface area contributed by atoms with E-state index in [-0.39, 0.29) is 11.4 Å². The van der Waals surface area contributed by atoms with Crippen molar-refractivity contribution in [1.29, 1.82) is 0 Å². The maximum atomic E-state index is 13.3. The number of hydrogen-bond donors (Lipinski definition) is 1. The number of aryl methyl sites for hydroxylation is 1. The summed E-state index contributed by atoms with van der Waals surface area (Å²) in [4.78, 5) is 12.9. The van der Waals surface area contributed by atoms with E-state index in [1.807, 2.05) is 25.1 Å². The summed E-state index contributed by atoms with van der Waals surface area (Å²) in [6.45, 7) is 1.73. The molecule has 0 spiro atoms. The number of fused-ring (bicyclic) bond motifs is 3. The molecule has 3 aromatic rings. The summed E-state index contributed by atoms with van der Waals surface area (Å²) in [5.74, 6) is 0.248. The molecular weight excluding hydrogens is 400 g/mol. The first-order valence-corrected chi connectivity index (χ1v) is 11.1. The fraction of sp³-hybridized carbons (Fsp3) is 0.174. The van der Waals surface area contributed by atoms with Crippen LogP contribution in [0.2, 0.25) is 0 Å². The summed E-state index contributed by atoms with van der Waals surface area (Å²) in [5, 5.41) is 2.76. The second-order valence-corrected chi connectivity index (χ2v) is 8.82. The largest absolute Gasteiger partial charge is 0.497 e. The number of anilines is 2. The molecule has 0 atom stereocenters. The second-order valence-electron chi connectivity index (χ2n) is 6.99. The average Bonchev–Trinajstić information content (AvgIpc) is 2.77. The van der Waals surface area contributed by atoms with Crippen molar-refractivity contribution in [3.63, 3.8) is 0 Å². The number of ether oxygens (including phenoxy) is 1. The molecule has 0 aliphatic carbocycles. The Hall–Kier alpha value is -3.32. The smallest absolute Gasteiger partial charge is 0.265 e. The van der Waals surface area contributed by atoms with Gasteiger partial charge in [-0.2, -0.15) is 0 Å². The lowest BCUT2D eigenvalue weighted by Gasteiger charge is -2.32. The minimum Gasteiger partial charge on any atom is -0.497 e. The van der Waals surface area contributed by atoms with Crippen LogP contribution in [0.5, 0.6) is 5.75 Å². The van der Waals surface area contributed by atoms with Crippen LogP contribution in [-0.4, -0.2) is 28.0 Å². The Morgan fingerprint density at radius 1 is 1.00 bits per heavy atom. The van der Waals surface area contributed by atoms with Crippen LogP contribution in [0.4, 0.5) is 11.4 Å². The first-order chi connectivity index (χ1) is 14.4. The number of nitrogens with one attached hydrogen (secondary N) is 1. The van der Waals surface area contributed by atoms with Gasteiger partial charge < -0.3 is 10.1 Å². The highest BCUT2D eigenvalue weighted by molar-refractivity contribution is 7.93. The van der Waals surface area contributed by atoms with Gasteiger partial charge in [-0.05, 0) is 54.4 Å². The van der Waals surface area contributed by atoms with Gasteiger partial charge in [0, 0.05) is 16.8 Å². The van der Waals surface area contributed by atoms with Crippen LogP contribution in [0.3, 0.4) is 0 Å². The Morgan fingerprint density at radius 3 is 2.43 bits per heavy atom. The summed E-state index contributed by atoms with van der Waals surface area (Å²) in [5.41, 5.74) is 3.66. The summed E-state index contributed by atoms with van der Waals surface area (Å²) in [6.07, 6.45) is 0.833. The Balaban J connectivity index is 1.69. The van der Waals surface area contributed by atoms with Crippen molar-refractivity contribution in [3.05, 3.63) is 72.3 Å². The molecule has 154 valence electrons. The molecule has 3 aromatic carbocycles. The zero-order valence-electron chi connectivity index (χ0n) is 16.8. The zero-order valence-corrected chi connectivity index (χ0v) is 17.6. The van der Waals surface area contributed by atoms with E-state index in [9.17, 15) is 13.2 Å². The topological polar surface area (TPSA) is 75.7 Å². The molecule has 1 amide bonds. The summed E-state index contributed by atoms with van der Waals surface area (Å²) in [6, 6.07) is 19.5. The molecule has 6 nitrogen and oxygen atoms in total. The van der Waals surface area contributed by atoms with E-state index in [0.717, 1.165) is 17.5 Å². The van der Waals surface area contributed by atoms with Crippen LogP contribution in [0, 0.1) is 0 Å². The zero-order chi connectivity index (χ0) is 21.3. The Kier molecular flexibility index (Phi) is 5.22. The van der Waals surface area contributed by atoms with Crippen LogP contribution in [0.15, 0.2) is 71.6 Å². The first kappa shape index (κ1) is 20.0. The summed E-state index contributed by atoms with van der Waals surface area (Å²) >= 11 is 0. The van der Waals surface area contributed by atoms with Crippen LogP contribution in [0.25, 0.3) is 11.1 Å². The van der Waals surface area contributed by atoms with E-state index in [2.05, 4.69) is 5.32 Å². The molecule has 1 N–H and O–H groups in total. The fourth-order valence-corrected chi connectivity index (χ4v) is 5.22. The normalized spacial score (nSPS) is 13.9. The van der Waals surface area contributed by atoms with Crippen LogP contribution >= 0.6 is 0 Å². The number of nitrogens with zero attached hydrogens (tertiary/aromatic N) is 1. The van der Waals surface area contributed by atoms with Gasteiger partial charge in [0.05, 0.1) is 17.7 Å². The molecular formula is C23H22N2O4S. The number of rotatable bonds is 5. The average molecular weight is 423 g/mol. The van der Waals surface area contributed by atoms with Crippen molar-refractivity contribution in [1.82, 2.24) is 0 Å². The first-order valence-electron chi connectivity index (χ1n) is 9.63. The Labute approximate surface area is 176 Å². The molecule has 0 fully saturated rings. The van der Waals surface area contributed by atoms with E-state index in [1.54, 1.807) is 55.6 Å². The third kappa shape index (κ3) is 3.52. The predicted molar refractivity (Wildman–Crippen MR) is 117 cm³/mol. The third-order valence-corrected chi connectivity index (χ3v) is 6.96. The molecule has 0 radical (unpaired) electrons. The standard InChI is InChI=1S/C23H22N2O4S/c1-3-16-8-13-21-20(14-16)19-6-4-5-7-22(19)30(27,28)25(21)15-23(26)24-17-9-11-18(29-2)12-10-17/h4-14H,3,15H2,1-2H3,(H,24,26). The highest BCUT2D eigenvalue weighted by Gasteiger charge is 2.35. The predicted octanol–water partition coefficient (Wildman–Crippen LogP) is 4.07.